The second-order valence-corrected chi connectivity index (χ2v) is 6.23. The van der Waals surface area contributed by atoms with E-state index in [0.29, 0.717) is 22.1 Å². The number of benzene rings is 1. The topological polar surface area (TPSA) is 68.3 Å². The minimum Gasteiger partial charge on any atom is -0.465 e. The maximum Gasteiger partial charge on any atom is 0.337 e. The summed E-state index contributed by atoms with van der Waals surface area (Å²) in [4.78, 5) is 16.2. The van der Waals surface area contributed by atoms with Crippen LogP contribution in [0.1, 0.15) is 35.8 Å². The lowest BCUT2D eigenvalue weighted by Gasteiger charge is -2.02. The highest BCUT2D eigenvalue weighted by Crippen LogP contribution is 2.30. The van der Waals surface area contributed by atoms with Gasteiger partial charge >= 0.3 is 5.97 Å². The molecule has 0 spiro atoms. The van der Waals surface area contributed by atoms with Crippen LogP contribution in [0.15, 0.2) is 52.8 Å². The number of carbonyl (C=O) groups excluding carboxylic acids is 1. The molecule has 0 N–H and O–H groups in total. The van der Waals surface area contributed by atoms with Crippen LogP contribution in [-0.4, -0.2) is 22.5 Å². The van der Waals surface area contributed by atoms with Gasteiger partial charge in [0, 0.05) is 6.20 Å². The van der Waals surface area contributed by atoms with E-state index in [1.54, 1.807) is 36.5 Å². The van der Waals surface area contributed by atoms with Gasteiger partial charge in [0.2, 0.25) is 0 Å². The Labute approximate surface area is 150 Å². The molecule has 0 atom stereocenters. The minimum atomic E-state index is -0.415. The Morgan fingerprint density at radius 1 is 1.24 bits per heavy atom. The Bertz CT molecular complexity index is 963. The van der Waals surface area contributed by atoms with Crippen molar-refractivity contribution in [3.63, 3.8) is 0 Å². The fourth-order valence-corrected chi connectivity index (χ4v) is 2.59. The quantitative estimate of drug-likeness (QED) is 0.469. The summed E-state index contributed by atoms with van der Waals surface area (Å²) in [5, 5.41) is 9.22. The predicted molar refractivity (Wildman–Crippen MR) is 96.2 cm³/mol. The van der Waals surface area contributed by atoms with E-state index in [1.165, 1.54) is 7.11 Å². The van der Waals surface area contributed by atoms with E-state index >= 15 is 0 Å². The maximum absolute atomic E-state index is 11.6. The molecule has 1 aromatic carbocycles. The van der Waals surface area contributed by atoms with Gasteiger partial charge in [-0.05, 0) is 36.2 Å². The van der Waals surface area contributed by atoms with Crippen molar-refractivity contribution in [2.45, 2.75) is 19.8 Å². The third kappa shape index (κ3) is 3.53. The van der Waals surface area contributed by atoms with Crippen LogP contribution < -0.4 is 0 Å². The molecule has 0 amide bonds. The number of esters is 1. The first kappa shape index (κ1) is 17.1. The number of imidazole rings is 1. The standard InChI is InChI=1S/C18H17ClN4O2/c1-11(2)16-17(23-10-13(19)7-8-15(23)20-16)22-21-14-6-4-5-12(9-14)18(24)25-3/h4-11H,1-3H3. The molecule has 2 aromatic heterocycles. The molecule has 0 bridgehead atoms. The Hall–Kier alpha value is -2.73. The molecule has 0 radical (unpaired) electrons. The van der Waals surface area contributed by atoms with Crippen LogP contribution in [0.3, 0.4) is 0 Å². The number of hydrogen-bond donors (Lipinski definition) is 0. The SMILES string of the molecule is COC(=O)c1cccc(N=Nc2c(C(C)C)nc3ccc(Cl)cn23)c1. The number of carbonyl (C=O) groups is 1. The molecule has 6 nitrogen and oxygen atoms in total. The number of nitrogens with zero attached hydrogens (tertiary/aromatic N) is 4. The largest absolute Gasteiger partial charge is 0.465 e. The molecule has 0 fully saturated rings. The van der Waals surface area contributed by atoms with E-state index in [-0.39, 0.29) is 5.92 Å². The number of fused-ring (bicyclic) bond motifs is 1. The number of pyridine rings is 1. The Morgan fingerprint density at radius 2 is 2.04 bits per heavy atom. The van der Waals surface area contributed by atoms with Crippen LogP contribution in [0.2, 0.25) is 5.02 Å². The lowest BCUT2D eigenvalue weighted by molar-refractivity contribution is 0.0601. The minimum absolute atomic E-state index is 0.175. The van der Waals surface area contributed by atoms with Crippen molar-refractivity contribution in [2.75, 3.05) is 7.11 Å². The molecule has 0 aliphatic carbocycles. The summed E-state index contributed by atoms with van der Waals surface area (Å²) in [5.41, 5.74) is 2.55. The smallest absolute Gasteiger partial charge is 0.337 e. The van der Waals surface area contributed by atoms with Crippen LogP contribution in [0.25, 0.3) is 5.65 Å². The van der Waals surface area contributed by atoms with Gasteiger partial charge in [-0.25, -0.2) is 9.78 Å². The van der Waals surface area contributed by atoms with Gasteiger partial charge in [0.15, 0.2) is 5.82 Å². The van der Waals surface area contributed by atoms with Crippen molar-refractivity contribution in [1.29, 1.82) is 0 Å². The third-order valence-corrected chi connectivity index (χ3v) is 3.88. The number of methoxy groups -OCH3 is 1. The van der Waals surface area contributed by atoms with E-state index in [4.69, 9.17) is 16.3 Å². The van der Waals surface area contributed by atoms with Gasteiger partial charge in [0.05, 0.1) is 29.1 Å². The monoisotopic (exact) mass is 356 g/mol. The number of rotatable bonds is 4. The van der Waals surface area contributed by atoms with E-state index in [0.717, 1.165) is 11.3 Å². The fourth-order valence-electron chi connectivity index (χ4n) is 2.43. The van der Waals surface area contributed by atoms with Crippen molar-refractivity contribution in [1.82, 2.24) is 9.38 Å². The molecule has 25 heavy (non-hydrogen) atoms. The average Bonchev–Trinajstić information content (AvgIpc) is 2.97. The third-order valence-electron chi connectivity index (χ3n) is 3.66. The van der Waals surface area contributed by atoms with Crippen LogP contribution in [0, 0.1) is 0 Å². The molecule has 128 valence electrons. The first-order valence-corrected chi connectivity index (χ1v) is 8.15. The molecule has 2 heterocycles. The number of halogens is 1. The Morgan fingerprint density at radius 3 is 2.76 bits per heavy atom. The molecular weight excluding hydrogens is 340 g/mol. The van der Waals surface area contributed by atoms with Gasteiger partial charge < -0.3 is 4.74 Å². The summed E-state index contributed by atoms with van der Waals surface area (Å²) < 4.78 is 6.53. The van der Waals surface area contributed by atoms with Gasteiger partial charge in [0.25, 0.3) is 0 Å². The summed E-state index contributed by atoms with van der Waals surface area (Å²) in [6.45, 7) is 4.08. The Balaban J connectivity index is 2.05. The molecule has 0 aliphatic rings. The van der Waals surface area contributed by atoms with Crippen LogP contribution in [0.4, 0.5) is 11.5 Å². The zero-order valence-electron chi connectivity index (χ0n) is 14.1. The number of aromatic nitrogens is 2. The van der Waals surface area contributed by atoms with Crippen molar-refractivity contribution >= 4 is 34.7 Å². The first-order chi connectivity index (χ1) is 12.0. The van der Waals surface area contributed by atoms with Gasteiger partial charge in [-0.2, -0.15) is 0 Å². The van der Waals surface area contributed by atoms with Gasteiger partial charge in [-0.1, -0.05) is 31.5 Å². The molecule has 0 aliphatic heterocycles. The summed E-state index contributed by atoms with van der Waals surface area (Å²) >= 11 is 6.10. The highest BCUT2D eigenvalue weighted by molar-refractivity contribution is 6.30. The number of hydrogen-bond acceptors (Lipinski definition) is 5. The van der Waals surface area contributed by atoms with E-state index in [2.05, 4.69) is 15.2 Å². The second kappa shape index (κ2) is 7.03. The van der Waals surface area contributed by atoms with Crippen molar-refractivity contribution in [3.05, 3.63) is 58.9 Å². The molecule has 0 saturated carbocycles. The molecule has 3 rings (SSSR count). The van der Waals surface area contributed by atoms with E-state index < -0.39 is 5.97 Å². The maximum atomic E-state index is 11.6. The highest BCUT2D eigenvalue weighted by atomic mass is 35.5. The van der Waals surface area contributed by atoms with Crippen molar-refractivity contribution in [2.24, 2.45) is 10.2 Å². The van der Waals surface area contributed by atoms with Crippen LogP contribution >= 0.6 is 11.6 Å². The van der Waals surface area contributed by atoms with E-state index in [1.807, 2.05) is 24.3 Å². The van der Waals surface area contributed by atoms with E-state index in [9.17, 15) is 4.79 Å². The Kier molecular flexibility index (Phi) is 4.81. The summed E-state index contributed by atoms with van der Waals surface area (Å²) in [6.07, 6.45) is 1.76. The second-order valence-electron chi connectivity index (χ2n) is 5.79. The molecule has 0 unspecified atom stereocenters. The molecule has 7 heteroatoms. The first-order valence-electron chi connectivity index (χ1n) is 7.77. The normalized spacial score (nSPS) is 11.6. The molecule has 3 aromatic rings. The summed E-state index contributed by atoms with van der Waals surface area (Å²) in [6, 6.07) is 10.4. The lowest BCUT2D eigenvalue weighted by atomic mass is 10.1. The molecule has 0 saturated heterocycles. The molecular formula is C18H17ClN4O2. The van der Waals surface area contributed by atoms with Crippen LogP contribution in [0.5, 0.6) is 0 Å². The highest BCUT2D eigenvalue weighted by Gasteiger charge is 2.15. The van der Waals surface area contributed by atoms with Crippen LogP contribution in [-0.2, 0) is 4.74 Å². The van der Waals surface area contributed by atoms with Gasteiger partial charge in [0.1, 0.15) is 5.65 Å². The predicted octanol–water partition coefficient (Wildman–Crippen LogP) is 5.31. The summed E-state index contributed by atoms with van der Waals surface area (Å²) in [5.74, 6) is 0.381. The average molecular weight is 357 g/mol. The number of ether oxygens (including phenoxy) is 1. The lowest BCUT2D eigenvalue weighted by Crippen LogP contribution is -1.99. The fraction of sp³-hybridized carbons (Fsp3) is 0.222. The van der Waals surface area contributed by atoms with Crippen molar-refractivity contribution < 1.29 is 9.53 Å². The number of azo groups is 1. The zero-order chi connectivity index (χ0) is 18.0. The van der Waals surface area contributed by atoms with Gasteiger partial charge in [-0.3, -0.25) is 4.40 Å². The van der Waals surface area contributed by atoms with Crippen molar-refractivity contribution in [3.8, 4) is 0 Å². The van der Waals surface area contributed by atoms with Gasteiger partial charge in [-0.15, -0.1) is 10.2 Å². The summed E-state index contributed by atoms with van der Waals surface area (Å²) in [7, 11) is 1.34. The zero-order valence-corrected chi connectivity index (χ0v) is 14.9.